The average Bonchev–Trinajstić information content (AvgIpc) is 2.96. The van der Waals surface area contributed by atoms with Gasteiger partial charge in [-0.25, -0.2) is 0 Å². The monoisotopic (exact) mass is 299 g/mol. The molecule has 1 amide bonds. The van der Waals surface area contributed by atoms with Crippen LogP contribution in [0.5, 0.6) is 0 Å². The molecular formula is C16H17N3OS. The zero-order chi connectivity index (χ0) is 15.1. The molecule has 5 heteroatoms. The molecule has 1 aromatic carbocycles. The third kappa shape index (κ3) is 2.45. The van der Waals surface area contributed by atoms with E-state index in [0.717, 1.165) is 27.2 Å². The number of carbonyl (C=O) groups excluding carboxylic acids is 1. The number of aryl methyl sites for hydroxylation is 4. The number of benzene rings is 1. The summed E-state index contributed by atoms with van der Waals surface area (Å²) in [6.07, 6.45) is 0. The van der Waals surface area contributed by atoms with E-state index in [2.05, 4.69) is 16.5 Å². The molecule has 108 valence electrons. The van der Waals surface area contributed by atoms with Crippen LogP contribution < -0.4 is 5.32 Å². The number of hydrogen-bond acceptors (Lipinski definition) is 3. The van der Waals surface area contributed by atoms with Crippen molar-refractivity contribution in [1.82, 2.24) is 9.78 Å². The molecule has 2 aromatic heterocycles. The Balaban J connectivity index is 1.91. The van der Waals surface area contributed by atoms with Gasteiger partial charge in [-0.1, -0.05) is 17.7 Å². The lowest BCUT2D eigenvalue weighted by molar-refractivity contribution is 0.103. The maximum Gasteiger partial charge on any atom is 0.265 e. The molecule has 0 bridgehead atoms. The first-order valence-corrected chi connectivity index (χ1v) is 7.59. The SMILES string of the molecule is Cc1ccc(NC(=O)c2cc3c(C)nn(C)c3s2)c(C)c1. The summed E-state index contributed by atoms with van der Waals surface area (Å²) < 4.78 is 1.82. The lowest BCUT2D eigenvalue weighted by Gasteiger charge is -2.07. The van der Waals surface area contributed by atoms with Gasteiger partial charge in [0.2, 0.25) is 0 Å². The van der Waals surface area contributed by atoms with Gasteiger partial charge in [-0.2, -0.15) is 5.10 Å². The fourth-order valence-electron chi connectivity index (χ4n) is 2.45. The lowest BCUT2D eigenvalue weighted by Crippen LogP contribution is -2.11. The zero-order valence-corrected chi connectivity index (χ0v) is 13.3. The number of anilines is 1. The van der Waals surface area contributed by atoms with E-state index in [4.69, 9.17) is 0 Å². The molecule has 0 aliphatic carbocycles. The summed E-state index contributed by atoms with van der Waals surface area (Å²) in [7, 11) is 1.90. The van der Waals surface area contributed by atoms with E-state index in [1.54, 1.807) is 0 Å². The van der Waals surface area contributed by atoms with Crippen LogP contribution in [0.3, 0.4) is 0 Å². The van der Waals surface area contributed by atoms with Crippen LogP contribution in [0.4, 0.5) is 5.69 Å². The highest BCUT2D eigenvalue weighted by Gasteiger charge is 2.15. The van der Waals surface area contributed by atoms with E-state index in [0.29, 0.717) is 4.88 Å². The van der Waals surface area contributed by atoms with Crippen molar-refractivity contribution in [2.24, 2.45) is 7.05 Å². The third-order valence-corrected chi connectivity index (χ3v) is 4.75. The normalized spacial score (nSPS) is 11.0. The van der Waals surface area contributed by atoms with Crippen molar-refractivity contribution < 1.29 is 4.79 Å². The Labute approximate surface area is 127 Å². The second kappa shape index (κ2) is 5.00. The maximum absolute atomic E-state index is 12.4. The van der Waals surface area contributed by atoms with E-state index < -0.39 is 0 Å². The van der Waals surface area contributed by atoms with Gasteiger partial charge in [0.1, 0.15) is 4.83 Å². The minimum atomic E-state index is -0.0671. The van der Waals surface area contributed by atoms with Crippen molar-refractivity contribution in [2.45, 2.75) is 20.8 Å². The molecule has 0 saturated heterocycles. The molecule has 1 N–H and O–H groups in total. The van der Waals surface area contributed by atoms with Gasteiger partial charge in [-0.3, -0.25) is 9.48 Å². The maximum atomic E-state index is 12.4. The van der Waals surface area contributed by atoms with Gasteiger partial charge < -0.3 is 5.32 Å². The van der Waals surface area contributed by atoms with Crippen LogP contribution in [0, 0.1) is 20.8 Å². The summed E-state index contributed by atoms with van der Waals surface area (Å²) in [5, 5.41) is 8.39. The highest BCUT2D eigenvalue weighted by Crippen LogP contribution is 2.28. The molecule has 3 aromatic rings. The van der Waals surface area contributed by atoms with Gasteiger partial charge in [0, 0.05) is 18.1 Å². The van der Waals surface area contributed by atoms with Crippen molar-refractivity contribution in [3.05, 3.63) is 46.0 Å². The standard InChI is InChI=1S/C16H17N3OS/c1-9-5-6-13(10(2)7-9)17-15(20)14-8-12-11(3)18-19(4)16(12)21-14/h5-8H,1-4H3,(H,17,20). The number of amides is 1. The van der Waals surface area contributed by atoms with Crippen molar-refractivity contribution in [3.63, 3.8) is 0 Å². The largest absolute Gasteiger partial charge is 0.321 e. The van der Waals surface area contributed by atoms with Gasteiger partial charge in [-0.05, 0) is 38.5 Å². The number of nitrogens with zero attached hydrogens (tertiary/aromatic N) is 2. The number of aromatic nitrogens is 2. The first-order chi connectivity index (χ1) is 9.95. The lowest BCUT2D eigenvalue weighted by atomic mass is 10.1. The predicted molar refractivity (Wildman–Crippen MR) is 87.2 cm³/mol. The second-order valence-corrected chi connectivity index (χ2v) is 6.34. The quantitative estimate of drug-likeness (QED) is 0.782. The minimum absolute atomic E-state index is 0.0671. The Hall–Kier alpha value is -2.14. The van der Waals surface area contributed by atoms with Crippen molar-refractivity contribution in [1.29, 1.82) is 0 Å². The molecule has 2 heterocycles. The van der Waals surface area contributed by atoms with Crippen LogP contribution in [-0.2, 0) is 7.05 Å². The van der Waals surface area contributed by atoms with Crippen molar-refractivity contribution in [2.75, 3.05) is 5.32 Å². The molecule has 21 heavy (non-hydrogen) atoms. The van der Waals surface area contributed by atoms with Gasteiger partial charge in [0.25, 0.3) is 5.91 Å². The van der Waals surface area contributed by atoms with Crippen LogP contribution in [0.25, 0.3) is 10.2 Å². The fourth-order valence-corrected chi connectivity index (χ4v) is 3.47. The number of rotatable bonds is 2. The molecule has 0 unspecified atom stereocenters. The van der Waals surface area contributed by atoms with Gasteiger partial charge >= 0.3 is 0 Å². The number of fused-ring (bicyclic) bond motifs is 1. The molecule has 0 atom stereocenters. The molecular weight excluding hydrogens is 282 g/mol. The highest BCUT2D eigenvalue weighted by atomic mass is 32.1. The predicted octanol–water partition coefficient (Wildman–Crippen LogP) is 3.81. The fraction of sp³-hybridized carbons (Fsp3) is 0.250. The van der Waals surface area contributed by atoms with E-state index in [-0.39, 0.29) is 5.91 Å². The number of thiophene rings is 1. The Morgan fingerprint density at radius 2 is 2.00 bits per heavy atom. The Bertz CT molecular complexity index is 810. The third-order valence-electron chi connectivity index (χ3n) is 3.55. The first kappa shape index (κ1) is 13.8. The van der Waals surface area contributed by atoms with E-state index in [1.807, 2.05) is 50.7 Å². The molecule has 0 radical (unpaired) electrons. The number of nitrogens with one attached hydrogen (secondary N) is 1. The highest BCUT2D eigenvalue weighted by molar-refractivity contribution is 7.20. The van der Waals surface area contributed by atoms with Crippen LogP contribution in [0.1, 0.15) is 26.5 Å². The molecule has 0 spiro atoms. The summed E-state index contributed by atoms with van der Waals surface area (Å²) in [5.41, 5.74) is 4.07. The van der Waals surface area contributed by atoms with Crippen molar-refractivity contribution >= 4 is 33.1 Å². The Morgan fingerprint density at radius 3 is 2.67 bits per heavy atom. The second-order valence-electron chi connectivity index (χ2n) is 5.31. The van der Waals surface area contributed by atoms with Crippen molar-refractivity contribution in [3.8, 4) is 0 Å². The Morgan fingerprint density at radius 1 is 1.24 bits per heavy atom. The van der Waals surface area contributed by atoms with Crippen LogP contribution in [0.15, 0.2) is 24.3 Å². The number of hydrogen-bond donors (Lipinski definition) is 1. The first-order valence-electron chi connectivity index (χ1n) is 6.77. The molecule has 0 fully saturated rings. The van der Waals surface area contributed by atoms with Crippen LogP contribution in [0.2, 0.25) is 0 Å². The number of carbonyl (C=O) groups is 1. The smallest absolute Gasteiger partial charge is 0.265 e. The van der Waals surface area contributed by atoms with Crippen LogP contribution in [-0.4, -0.2) is 15.7 Å². The van der Waals surface area contributed by atoms with Gasteiger partial charge in [0.15, 0.2) is 0 Å². The minimum Gasteiger partial charge on any atom is -0.321 e. The average molecular weight is 299 g/mol. The molecule has 0 saturated carbocycles. The summed E-state index contributed by atoms with van der Waals surface area (Å²) >= 11 is 1.47. The molecule has 3 rings (SSSR count). The summed E-state index contributed by atoms with van der Waals surface area (Å²) in [6, 6.07) is 7.93. The summed E-state index contributed by atoms with van der Waals surface area (Å²) in [6.45, 7) is 6.00. The van der Waals surface area contributed by atoms with Gasteiger partial charge in [0.05, 0.1) is 10.6 Å². The Kier molecular flexibility index (Phi) is 3.29. The summed E-state index contributed by atoms with van der Waals surface area (Å²) in [4.78, 5) is 14.1. The van der Waals surface area contributed by atoms with Gasteiger partial charge in [-0.15, -0.1) is 11.3 Å². The van der Waals surface area contributed by atoms with E-state index in [9.17, 15) is 4.79 Å². The topological polar surface area (TPSA) is 46.9 Å². The zero-order valence-electron chi connectivity index (χ0n) is 12.5. The summed E-state index contributed by atoms with van der Waals surface area (Å²) in [5.74, 6) is -0.0671. The molecule has 0 aliphatic rings. The molecule has 0 aliphatic heterocycles. The molecule has 4 nitrogen and oxygen atoms in total. The van der Waals surface area contributed by atoms with Crippen LogP contribution >= 0.6 is 11.3 Å². The van der Waals surface area contributed by atoms with E-state index >= 15 is 0 Å². The van der Waals surface area contributed by atoms with E-state index in [1.165, 1.54) is 16.9 Å².